The number of benzene rings is 3. The fraction of sp³-hybridized carbons (Fsp3) is 0.231. The number of nitrogens with one attached hydrogen (secondary N) is 1. The van der Waals surface area contributed by atoms with Gasteiger partial charge < -0.3 is 9.64 Å². The Kier molecular flexibility index (Phi) is 5.94. The first-order valence-electron chi connectivity index (χ1n) is 10.5. The molecule has 164 valence electrons. The maximum atomic E-state index is 12.2. The Morgan fingerprint density at radius 2 is 1.94 bits per heavy atom. The first-order chi connectivity index (χ1) is 15.3. The van der Waals surface area contributed by atoms with E-state index in [2.05, 4.69) is 49.3 Å². The van der Waals surface area contributed by atoms with E-state index < -0.39 is 0 Å². The van der Waals surface area contributed by atoms with Gasteiger partial charge in [-0.3, -0.25) is 4.79 Å². The number of likely N-dealkylation sites (N-methyl/N-ethyl adjacent to an activating group) is 1. The van der Waals surface area contributed by atoms with Gasteiger partial charge in [0.1, 0.15) is 5.75 Å². The number of rotatable bonds is 5. The van der Waals surface area contributed by atoms with E-state index in [1.54, 1.807) is 6.21 Å². The van der Waals surface area contributed by atoms with Crippen LogP contribution in [0.1, 0.15) is 31.9 Å². The molecule has 1 aliphatic rings. The van der Waals surface area contributed by atoms with E-state index in [0.29, 0.717) is 10.8 Å². The van der Waals surface area contributed by atoms with Gasteiger partial charge in [-0.05, 0) is 49.9 Å². The number of hydrazone groups is 1. The predicted molar refractivity (Wildman–Crippen MR) is 133 cm³/mol. The molecule has 0 spiro atoms. The second-order valence-corrected chi connectivity index (χ2v) is 8.90. The van der Waals surface area contributed by atoms with Gasteiger partial charge in [-0.2, -0.15) is 5.10 Å². The Morgan fingerprint density at radius 3 is 2.75 bits per heavy atom. The highest BCUT2D eigenvalue weighted by Crippen LogP contribution is 2.40. The lowest BCUT2D eigenvalue weighted by atomic mass is 9.88. The summed E-state index contributed by atoms with van der Waals surface area (Å²) in [6, 6.07) is 17.6. The van der Waals surface area contributed by atoms with Crippen LogP contribution in [0.4, 0.5) is 5.69 Å². The molecule has 0 unspecified atom stereocenters. The minimum atomic E-state index is -0.346. The van der Waals surface area contributed by atoms with E-state index >= 15 is 0 Å². The average Bonchev–Trinajstić information content (AvgIpc) is 2.76. The number of amides is 1. The molecule has 0 saturated heterocycles. The van der Waals surface area contributed by atoms with Crippen LogP contribution in [0.5, 0.6) is 5.75 Å². The summed E-state index contributed by atoms with van der Waals surface area (Å²) in [6.45, 7) is 6.29. The highest BCUT2D eigenvalue weighted by molar-refractivity contribution is 6.33. The molecule has 0 fully saturated rings. The molecule has 3 aromatic carbocycles. The minimum absolute atomic E-state index is 0.0892. The number of halogens is 1. The molecule has 0 bridgehead atoms. The van der Waals surface area contributed by atoms with Crippen molar-refractivity contribution in [3.8, 4) is 5.75 Å². The number of carbonyl (C=O) groups is 1. The number of nitrogens with zero attached hydrogens (tertiary/aromatic N) is 2. The van der Waals surface area contributed by atoms with Crippen LogP contribution in [-0.2, 0) is 4.79 Å². The van der Waals surface area contributed by atoms with Crippen LogP contribution in [0, 0.1) is 0 Å². The van der Waals surface area contributed by atoms with Crippen molar-refractivity contribution in [2.75, 3.05) is 18.6 Å². The molecule has 3 aromatic rings. The smallest absolute Gasteiger partial charge is 0.277 e. The normalized spacial score (nSPS) is 14.9. The Bertz CT molecular complexity index is 1240. The van der Waals surface area contributed by atoms with Crippen molar-refractivity contribution in [2.45, 2.75) is 26.3 Å². The third kappa shape index (κ3) is 4.34. The fourth-order valence-electron chi connectivity index (χ4n) is 3.96. The molecule has 0 radical (unpaired) electrons. The van der Waals surface area contributed by atoms with Gasteiger partial charge in [-0.25, -0.2) is 5.43 Å². The van der Waals surface area contributed by atoms with Crippen molar-refractivity contribution in [3.63, 3.8) is 0 Å². The first kappa shape index (κ1) is 21.9. The molecule has 0 saturated carbocycles. The SMILES string of the molecule is CC1=CC(C)(C)N(C)c2cc(Cl)c(/C=N\NC(=O)COc3cccc4ccccc34)cc21. The first-order valence-corrected chi connectivity index (χ1v) is 10.8. The quantitative estimate of drug-likeness (QED) is 0.406. The summed E-state index contributed by atoms with van der Waals surface area (Å²) in [4.78, 5) is 14.4. The van der Waals surface area contributed by atoms with Crippen LogP contribution in [0.2, 0.25) is 5.02 Å². The molecule has 6 heteroatoms. The van der Waals surface area contributed by atoms with E-state index in [9.17, 15) is 4.79 Å². The number of carbonyl (C=O) groups excluding carboxylic acids is 1. The van der Waals surface area contributed by atoms with Gasteiger partial charge in [0.15, 0.2) is 6.61 Å². The van der Waals surface area contributed by atoms with Crippen LogP contribution in [0.15, 0.2) is 65.8 Å². The topological polar surface area (TPSA) is 53.9 Å². The summed E-state index contributed by atoms with van der Waals surface area (Å²) in [5, 5.41) is 6.67. The molecular formula is C26H26ClN3O2. The minimum Gasteiger partial charge on any atom is -0.483 e. The van der Waals surface area contributed by atoms with Crippen molar-refractivity contribution >= 4 is 45.8 Å². The zero-order valence-corrected chi connectivity index (χ0v) is 19.4. The Balaban J connectivity index is 1.43. The van der Waals surface area contributed by atoms with E-state index in [-0.39, 0.29) is 18.1 Å². The van der Waals surface area contributed by atoms with Crippen molar-refractivity contribution in [2.24, 2.45) is 5.10 Å². The third-order valence-electron chi connectivity index (χ3n) is 5.84. The van der Waals surface area contributed by atoms with Gasteiger partial charge >= 0.3 is 0 Å². The number of allylic oxidation sites excluding steroid dienone is 1. The Hall–Kier alpha value is -3.31. The fourth-order valence-corrected chi connectivity index (χ4v) is 4.16. The molecule has 1 amide bonds. The molecule has 32 heavy (non-hydrogen) atoms. The summed E-state index contributed by atoms with van der Waals surface area (Å²) < 4.78 is 5.70. The largest absolute Gasteiger partial charge is 0.483 e. The summed E-state index contributed by atoms with van der Waals surface area (Å²) in [7, 11) is 2.06. The highest BCUT2D eigenvalue weighted by atomic mass is 35.5. The van der Waals surface area contributed by atoms with Crippen molar-refractivity contribution in [1.29, 1.82) is 0 Å². The van der Waals surface area contributed by atoms with Gasteiger partial charge in [-0.1, -0.05) is 54.1 Å². The lowest BCUT2D eigenvalue weighted by Gasteiger charge is -2.40. The predicted octanol–water partition coefficient (Wildman–Crippen LogP) is 5.65. The summed E-state index contributed by atoms with van der Waals surface area (Å²) in [6.07, 6.45) is 3.79. The van der Waals surface area contributed by atoms with Crippen LogP contribution < -0.4 is 15.1 Å². The van der Waals surface area contributed by atoms with Crippen molar-refractivity contribution in [1.82, 2.24) is 5.43 Å². The molecule has 1 N–H and O–H groups in total. The Morgan fingerprint density at radius 1 is 1.19 bits per heavy atom. The van der Waals surface area contributed by atoms with Crippen molar-refractivity contribution < 1.29 is 9.53 Å². The molecule has 0 aliphatic carbocycles. The monoisotopic (exact) mass is 447 g/mol. The number of ether oxygens (including phenoxy) is 1. The molecular weight excluding hydrogens is 422 g/mol. The lowest BCUT2D eigenvalue weighted by molar-refractivity contribution is -0.123. The molecule has 0 atom stereocenters. The standard InChI is InChI=1S/C26H26ClN3O2/c1-17-14-26(2,3)30(4)23-13-22(27)19(12-21(17)23)15-28-29-25(31)16-32-24-11-7-9-18-8-5-6-10-20(18)24/h5-15H,16H2,1-4H3,(H,29,31)/b28-15-. The second-order valence-electron chi connectivity index (χ2n) is 8.49. The highest BCUT2D eigenvalue weighted by Gasteiger charge is 2.29. The maximum Gasteiger partial charge on any atom is 0.277 e. The Labute approximate surface area is 193 Å². The van der Waals surface area contributed by atoms with Crippen LogP contribution >= 0.6 is 11.6 Å². The van der Waals surface area contributed by atoms with Gasteiger partial charge in [0.05, 0.1) is 16.8 Å². The molecule has 1 heterocycles. The number of hydrogen-bond donors (Lipinski definition) is 1. The number of anilines is 1. The van der Waals surface area contributed by atoms with Gasteiger partial charge in [-0.15, -0.1) is 0 Å². The summed E-state index contributed by atoms with van der Waals surface area (Å²) in [5.41, 5.74) is 6.52. The van der Waals surface area contributed by atoms with Gasteiger partial charge in [0.2, 0.25) is 0 Å². The molecule has 5 nitrogen and oxygen atoms in total. The molecule has 0 aromatic heterocycles. The lowest BCUT2D eigenvalue weighted by Crippen LogP contribution is -2.42. The van der Waals surface area contributed by atoms with E-state index in [0.717, 1.165) is 27.6 Å². The summed E-state index contributed by atoms with van der Waals surface area (Å²) >= 11 is 6.50. The van der Waals surface area contributed by atoms with E-state index in [4.69, 9.17) is 16.3 Å². The number of fused-ring (bicyclic) bond motifs is 2. The molecule has 4 rings (SSSR count). The van der Waals surface area contributed by atoms with Crippen molar-refractivity contribution in [3.05, 3.63) is 76.8 Å². The summed E-state index contributed by atoms with van der Waals surface area (Å²) in [5.74, 6) is 0.315. The number of hydrogen-bond acceptors (Lipinski definition) is 4. The molecule has 1 aliphatic heterocycles. The van der Waals surface area contributed by atoms with E-state index in [1.807, 2.05) is 54.6 Å². The maximum absolute atomic E-state index is 12.2. The zero-order valence-electron chi connectivity index (χ0n) is 18.6. The second kappa shape index (κ2) is 8.67. The zero-order chi connectivity index (χ0) is 22.9. The average molecular weight is 448 g/mol. The van der Waals surface area contributed by atoms with Gasteiger partial charge in [0, 0.05) is 29.2 Å². The van der Waals surface area contributed by atoms with Crippen LogP contribution in [-0.4, -0.2) is 31.3 Å². The van der Waals surface area contributed by atoms with Gasteiger partial charge in [0.25, 0.3) is 5.91 Å². The third-order valence-corrected chi connectivity index (χ3v) is 6.16. The van der Waals surface area contributed by atoms with Crippen LogP contribution in [0.3, 0.4) is 0 Å². The van der Waals surface area contributed by atoms with E-state index in [1.165, 1.54) is 5.57 Å². The van der Waals surface area contributed by atoms with Crippen LogP contribution in [0.25, 0.3) is 16.3 Å².